The van der Waals surface area contributed by atoms with Gasteiger partial charge in [0.2, 0.25) is 0 Å². The second-order valence-electron chi connectivity index (χ2n) is 5.80. The van der Waals surface area contributed by atoms with E-state index in [2.05, 4.69) is 17.6 Å². The van der Waals surface area contributed by atoms with Gasteiger partial charge in [-0.15, -0.1) is 0 Å². The van der Waals surface area contributed by atoms with Crippen LogP contribution in [-0.2, 0) is 0 Å². The molecule has 3 nitrogen and oxygen atoms in total. The van der Waals surface area contributed by atoms with Crippen LogP contribution < -0.4 is 15.5 Å². The number of hydrogen-bond acceptors (Lipinski definition) is 1. The van der Waals surface area contributed by atoms with Crippen LogP contribution in [-0.4, -0.2) is 30.8 Å². The molecule has 3 N–H and O–H groups in total. The Balaban J connectivity index is 1.61. The summed E-state index contributed by atoms with van der Waals surface area (Å²) in [5.41, 5.74) is 0.809. The zero-order valence-electron chi connectivity index (χ0n) is 12.6. The molecule has 0 saturated carbocycles. The summed E-state index contributed by atoms with van der Waals surface area (Å²) in [5, 5.41) is 6.88. The average Bonchev–Trinajstić information content (AvgIpc) is 2.48. The van der Waals surface area contributed by atoms with Crippen LogP contribution in [0.25, 0.3) is 0 Å². The highest BCUT2D eigenvalue weighted by atomic mass is 32.1. The van der Waals surface area contributed by atoms with Crippen molar-refractivity contribution in [2.24, 2.45) is 0 Å². The van der Waals surface area contributed by atoms with Gasteiger partial charge in [-0.3, -0.25) is 0 Å². The quantitative estimate of drug-likeness (QED) is 0.573. The lowest BCUT2D eigenvalue weighted by molar-refractivity contribution is -0.928. The maximum absolute atomic E-state index is 12.8. The predicted octanol–water partition coefficient (Wildman–Crippen LogP) is 1.96. The van der Waals surface area contributed by atoms with E-state index in [4.69, 9.17) is 12.2 Å². The van der Waals surface area contributed by atoms with E-state index in [-0.39, 0.29) is 5.82 Å². The van der Waals surface area contributed by atoms with Crippen molar-refractivity contribution in [3.8, 4) is 0 Å². The monoisotopic (exact) mass is 310 g/mol. The minimum atomic E-state index is -0.238. The summed E-state index contributed by atoms with van der Waals surface area (Å²) in [5.74, 6) is -0.238. The fourth-order valence-corrected chi connectivity index (χ4v) is 3.07. The number of quaternary nitrogens is 1. The largest absolute Gasteiger partial charge is 0.362 e. The van der Waals surface area contributed by atoms with Gasteiger partial charge in [-0.25, -0.2) is 4.39 Å². The Morgan fingerprint density at radius 3 is 2.81 bits per heavy atom. The molecule has 1 aromatic carbocycles. The number of anilines is 1. The zero-order chi connectivity index (χ0) is 15.1. The van der Waals surface area contributed by atoms with Crippen LogP contribution in [0.4, 0.5) is 10.1 Å². The maximum Gasteiger partial charge on any atom is 0.170 e. The minimum Gasteiger partial charge on any atom is -0.362 e. The van der Waals surface area contributed by atoms with Gasteiger partial charge in [-0.05, 0) is 62.7 Å². The first-order valence-electron chi connectivity index (χ1n) is 7.80. The van der Waals surface area contributed by atoms with Crippen molar-refractivity contribution in [2.75, 3.05) is 25.0 Å². The van der Waals surface area contributed by atoms with Crippen molar-refractivity contribution in [1.29, 1.82) is 0 Å². The van der Waals surface area contributed by atoms with E-state index >= 15 is 0 Å². The summed E-state index contributed by atoms with van der Waals surface area (Å²) < 4.78 is 12.8. The van der Waals surface area contributed by atoms with Crippen LogP contribution in [0.15, 0.2) is 24.3 Å². The number of likely N-dealkylation sites (tertiary alicyclic amines) is 1. The van der Waals surface area contributed by atoms with Crippen molar-refractivity contribution in [3.63, 3.8) is 0 Å². The molecule has 0 aromatic heterocycles. The van der Waals surface area contributed by atoms with E-state index in [1.165, 1.54) is 44.5 Å². The van der Waals surface area contributed by atoms with Crippen LogP contribution in [0.3, 0.4) is 0 Å². The first-order chi connectivity index (χ1) is 10.1. The standard InChI is InChI=1S/C16H24FN3S/c1-13-5-2-3-11-20(13)12-4-10-18-16(21)19-15-8-6-14(17)7-9-15/h6-9,13H,2-5,10-12H2,1H3,(H2,18,19,21)/p+1/t13-/m1/s1. The molecule has 5 heteroatoms. The lowest BCUT2D eigenvalue weighted by atomic mass is 10.0. The van der Waals surface area contributed by atoms with Crippen molar-refractivity contribution in [2.45, 2.75) is 38.6 Å². The fourth-order valence-electron chi connectivity index (χ4n) is 2.85. The van der Waals surface area contributed by atoms with Crippen LogP contribution in [0.1, 0.15) is 32.6 Å². The van der Waals surface area contributed by atoms with Gasteiger partial charge in [-0.1, -0.05) is 0 Å². The molecule has 116 valence electrons. The number of benzene rings is 1. The third-order valence-corrected chi connectivity index (χ3v) is 4.39. The SMILES string of the molecule is C[C@@H]1CCCC[NH+]1CCCNC(=S)Nc1ccc(F)cc1. The van der Waals surface area contributed by atoms with Gasteiger partial charge in [-0.2, -0.15) is 0 Å². The van der Waals surface area contributed by atoms with E-state index < -0.39 is 0 Å². The van der Waals surface area contributed by atoms with Gasteiger partial charge >= 0.3 is 0 Å². The van der Waals surface area contributed by atoms with Crippen molar-refractivity contribution < 1.29 is 9.29 Å². The third kappa shape index (κ3) is 5.59. The van der Waals surface area contributed by atoms with Crippen LogP contribution in [0.2, 0.25) is 0 Å². The Labute approximate surface area is 131 Å². The number of nitrogens with one attached hydrogen (secondary N) is 3. The molecule has 21 heavy (non-hydrogen) atoms. The highest BCUT2D eigenvalue weighted by Crippen LogP contribution is 2.07. The molecule has 0 bridgehead atoms. The Morgan fingerprint density at radius 1 is 1.33 bits per heavy atom. The molecule has 1 fully saturated rings. The molecule has 1 unspecified atom stereocenters. The Hall–Kier alpha value is -1.20. The summed E-state index contributed by atoms with van der Waals surface area (Å²) in [4.78, 5) is 1.72. The average molecular weight is 310 g/mol. The fraction of sp³-hybridized carbons (Fsp3) is 0.562. The predicted molar refractivity (Wildman–Crippen MR) is 89.3 cm³/mol. The van der Waals surface area contributed by atoms with Crippen LogP contribution in [0.5, 0.6) is 0 Å². The van der Waals surface area contributed by atoms with Crippen molar-refractivity contribution in [3.05, 3.63) is 30.1 Å². The van der Waals surface area contributed by atoms with Gasteiger partial charge in [0.1, 0.15) is 5.82 Å². The molecule has 0 spiro atoms. The number of piperidine rings is 1. The lowest BCUT2D eigenvalue weighted by Gasteiger charge is -2.30. The molecule has 1 heterocycles. The summed E-state index contributed by atoms with van der Waals surface area (Å²) in [6.45, 7) is 5.73. The second-order valence-corrected chi connectivity index (χ2v) is 6.20. The van der Waals surface area contributed by atoms with Gasteiger partial charge in [0.25, 0.3) is 0 Å². The Morgan fingerprint density at radius 2 is 2.10 bits per heavy atom. The smallest absolute Gasteiger partial charge is 0.170 e. The number of halogens is 1. The summed E-state index contributed by atoms with van der Waals surface area (Å²) in [6.07, 6.45) is 5.21. The Kier molecular flexibility index (Phi) is 6.39. The van der Waals surface area contributed by atoms with Crippen LogP contribution >= 0.6 is 12.2 Å². The van der Waals surface area contributed by atoms with Gasteiger partial charge in [0.15, 0.2) is 5.11 Å². The zero-order valence-corrected chi connectivity index (χ0v) is 13.4. The van der Waals surface area contributed by atoms with E-state index in [0.29, 0.717) is 5.11 Å². The molecule has 1 saturated heterocycles. The van der Waals surface area contributed by atoms with Crippen LogP contribution in [0, 0.1) is 5.82 Å². The summed E-state index contributed by atoms with van der Waals surface area (Å²) >= 11 is 5.24. The topological polar surface area (TPSA) is 28.5 Å². The third-order valence-electron chi connectivity index (χ3n) is 4.14. The number of hydrogen-bond donors (Lipinski definition) is 3. The lowest BCUT2D eigenvalue weighted by Crippen LogP contribution is -3.16. The summed E-state index contributed by atoms with van der Waals surface area (Å²) in [6, 6.07) is 7.01. The molecule has 1 aromatic rings. The Bertz CT molecular complexity index is 449. The molecule has 2 rings (SSSR count). The number of rotatable bonds is 5. The molecule has 0 amide bonds. The van der Waals surface area contributed by atoms with E-state index in [1.54, 1.807) is 17.0 Å². The number of thiocarbonyl (C=S) groups is 1. The highest BCUT2D eigenvalue weighted by Gasteiger charge is 2.20. The normalized spacial score (nSPS) is 21.8. The van der Waals surface area contributed by atoms with Gasteiger partial charge < -0.3 is 15.5 Å². The summed E-state index contributed by atoms with van der Waals surface area (Å²) in [7, 11) is 0. The van der Waals surface area contributed by atoms with E-state index in [9.17, 15) is 4.39 Å². The van der Waals surface area contributed by atoms with Gasteiger partial charge in [0.05, 0.1) is 19.1 Å². The minimum absolute atomic E-state index is 0.238. The van der Waals surface area contributed by atoms with E-state index in [1.807, 2.05) is 0 Å². The maximum atomic E-state index is 12.8. The second kappa shape index (κ2) is 8.29. The highest BCUT2D eigenvalue weighted by molar-refractivity contribution is 7.80. The van der Waals surface area contributed by atoms with Gasteiger partial charge in [0, 0.05) is 18.7 Å². The molecule has 0 aliphatic carbocycles. The first kappa shape index (κ1) is 16.2. The first-order valence-corrected chi connectivity index (χ1v) is 8.21. The van der Waals surface area contributed by atoms with Crippen molar-refractivity contribution in [1.82, 2.24) is 5.32 Å². The molecule has 2 atom stereocenters. The molecule has 0 radical (unpaired) electrons. The van der Waals surface area contributed by atoms with E-state index in [0.717, 1.165) is 24.7 Å². The molecule has 1 aliphatic heterocycles. The molecular weight excluding hydrogens is 285 g/mol. The molecule has 1 aliphatic rings. The van der Waals surface area contributed by atoms with Crippen molar-refractivity contribution >= 4 is 23.0 Å². The molecular formula is C16H25FN3S+.